The van der Waals surface area contributed by atoms with Crippen LogP contribution in [0.4, 0.5) is 0 Å². The van der Waals surface area contributed by atoms with Crippen LogP contribution in [0.1, 0.15) is 5.56 Å². The van der Waals surface area contributed by atoms with Crippen molar-refractivity contribution < 1.29 is 17.9 Å². The molecule has 1 rings (SSSR count). The van der Waals surface area contributed by atoms with Crippen LogP contribution in [0.3, 0.4) is 0 Å². The summed E-state index contributed by atoms with van der Waals surface area (Å²) in [6, 6.07) is 6.64. The molecule has 0 aromatic heterocycles. The molecule has 0 radical (unpaired) electrons. The topological polar surface area (TPSA) is 72.5 Å². The molecule has 100 valence electrons. The molecule has 0 fully saturated rings. The molecule has 0 saturated carbocycles. The highest BCUT2D eigenvalue weighted by atomic mass is 32.2. The maximum Gasteiger partial charge on any atom is 0.245 e. The van der Waals surface area contributed by atoms with Crippen molar-refractivity contribution in [2.24, 2.45) is 0 Å². The number of hydrogen-bond donors (Lipinski definition) is 1. The highest BCUT2D eigenvalue weighted by Gasteiger charge is 2.06. The van der Waals surface area contributed by atoms with Crippen molar-refractivity contribution in [2.45, 2.75) is 11.3 Å². The molecule has 18 heavy (non-hydrogen) atoms. The van der Waals surface area contributed by atoms with E-state index in [9.17, 15) is 13.2 Å². The maximum absolute atomic E-state index is 11.2. The van der Waals surface area contributed by atoms with Gasteiger partial charge in [0.1, 0.15) is 6.61 Å². The van der Waals surface area contributed by atoms with Crippen molar-refractivity contribution in [3.05, 3.63) is 29.8 Å². The summed E-state index contributed by atoms with van der Waals surface area (Å²) < 4.78 is 27.2. The Hall–Kier alpha value is -1.40. The summed E-state index contributed by atoms with van der Waals surface area (Å²) >= 11 is 0. The smallest absolute Gasteiger partial charge is 0.245 e. The van der Waals surface area contributed by atoms with Gasteiger partial charge >= 0.3 is 0 Å². The second-order valence-corrected chi connectivity index (χ2v) is 5.96. The van der Waals surface area contributed by atoms with Crippen LogP contribution in [0.25, 0.3) is 0 Å². The molecule has 1 N–H and O–H groups in total. The van der Waals surface area contributed by atoms with Crippen LogP contribution in [0.5, 0.6) is 0 Å². The third kappa shape index (κ3) is 4.85. The number of amides is 1. The first kappa shape index (κ1) is 14.7. The molecule has 0 heterocycles. The van der Waals surface area contributed by atoms with E-state index in [4.69, 9.17) is 0 Å². The van der Waals surface area contributed by atoms with Crippen molar-refractivity contribution in [1.29, 1.82) is 0 Å². The Balaban J connectivity index is 2.47. The summed E-state index contributed by atoms with van der Waals surface area (Å²) in [5, 5.41) is 2.69. The van der Waals surface area contributed by atoms with Gasteiger partial charge < -0.3 is 10.1 Å². The van der Waals surface area contributed by atoms with Gasteiger partial charge in [-0.05, 0) is 24.1 Å². The number of hydrogen-bond acceptors (Lipinski definition) is 4. The first-order valence-corrected chi connectivity index (χ1v) is 7.37. The standard InChI is InChI=1S/C12H17NO4S/c1-17-9-12(14)13-8-7-10-3-5-11(6-4-10)18(2,15)16/h3-6H,7-9H2,1-2H3,(H,13,14). The predicted octanol–water partition coefficient (Wildman–Crippen LogP) is 0.395. The Morgan fingerprint density at radius 2 is 1.89 bits per heavy atom. The summed E-state index contributed by atoms with van der Waals surface area (Å²) in [6.45, 7) is 0.549. The van der Waals surface area contributed by atoms with E-state index in [1.165, 1.54) is 13.4 Å². The molecule has 0 aliphatic rings. The number of ether oxygens (including phenoxy) is 1. The van der Waals surface area contributed by atoms with Crippen molar-refractivity contribution >= 4 is 15.7 Å². The number of methoxy groups -OCH3 is 1. The molecule has 1 amide bonds. The number of rotatable bonds is 6. The molecule has 0 aliphatic carbocycles. The SMILES string of the molecule is COCC(=O)NCCc1ccc(S(C)(=O)=O)cc1. The van der Waals surface area contributed by atoms with Gasteiger partial charge in [-0.2, -0.15) is 0 Å². The molecule has 6 heteroatoms. The first-order chi connectivity index (χ1) is 8.43. The summed E-state index contributed by atoms with van der Waals surface area (Å²) in [5.74, 6) is -0.162. The molecule has 0 aliphatic heterocycles. The van der Waals surface area contributed by atoms with Crippen LogP contribution in [-0.2, 0) is 25.8 Å². The van der Waals surface area contributed by atoms with Gasteiger partial charge in [0.15, 0.2) is 9.84 Å². The highest BCUT2D eigenvalue weighted by Crippen LogP contribution is 2.10. The van der Waals surface area contributed by atoms with Gasteiger partial charge in [-0.1, -0.05) is 12.1 Å². The van der Waals surface area contributed by atoms with E-state index < -0.39 is 9.84 Å². The normalized spacial score (nSPS) is 11.2. The Bertz CT molecular complexity index is 493. The van der Waals surface area contributed by atoms with E-state index in [1.807, 2.05) is 0 Å². The van der Waals surface area contributed by atoms with Crippen LogP contribution in [-0.4, -0.2) is 40.8 Å². The molecular formula is C12H17NO4S. The summed E-state index contributed by atoms with van der Waals surface area (Å²) in [4.78, 5) is 11.4. The lowest BCUT2D eigenvalue weighted by atomic mass is 10.1. The number of nitrogens with one attached hydrogen (secondary N) is 1. The fraction of sp³-hybridized carbons (Fsp3) is 0.417. The molecule has 0 spiro atoms. The molecular weight excluding hydrogens is 254 g/mol. The van der Waals surface area contributed by atoms with Crippen LogP contribution in [0, 0.1) is 0 Å². The molecule has 0 atom stereocenters. The second kappa shape index (κ2) is 6.51. The van der Waals surface area contributed by atoms with E-state index in [-0.39, 0.29) is 12.5 Å². The Labute approximate surface area is 107 Å². The first-order valence-electron chi connectivity index (χ1n) is 5.48. The maximum atomic E-state index is 11.2. The number of carbonyl (C=O) groups is 1. The van der Waals surface area contributed by atoms with Crippen LogP contribution in [0.2, 0.25) is 0 Å². The quantitative estimate of drug-likeness (QED) is 0.812. The van der Waals surface area contributed by atoms with Crippen LogP contribution >= 0.6 is 0 Å². The minimum absolute atomic E-state index is 0.0486. The van der Waals surface area contributed by atoms with E-state index in [0.29, 0.717) is 17.9 Å². The van der Waals surface area contributed by atoms with Crippen LogP contribution < -0.4 is 5.32 Å². The molecule has 5 nitrogen and oxygen atoms in total. The number of benzene rings is 1. The molecule has 1 aromatic rings. The fourth-order valence-corrected chi connectivity index (χ4v) is 2.06. The molecule has 0 unspecified atom stereocenters. The Kier molecular flexibility index (Phi) is 5.30. The minimum Gasteiger partial charge on any atom is -0.375 e. The average Bonchev–Trinajstić information content (AvgIpc) is 2.29. The molecule has 1 aromatic carbocycles. The fourth-order valence-electron chi connectivity index (χ4n) is 1.43. The zero-order chi connectivity index (χ0) is 13.6. The molecule has 0 bridgehead atoms. The monoisotopic (exact) mass is 271 g/mol. The van der Waals surface area contributed by atoms with Crippen molar-refractivity contribution in [3.8, 4) is 0 Å². The Morgan fingerprint density at radius 1 is 1.28 bits per heavy atom. The number of sulfone groups is 1. The van der Waals surface area contributed by atoms with Crippen LogP contribution in [0.15, 0.2) is 29.2 Å². The summed E-state index contributed by atoms with van der Waals surface area (Å²) in [6.07, 6.45) is 1.83. The highest BCUT2D eigenvalue weighted by molar-refractivity contribution is 7.90. The van der Waals surface area contributed by atoms with E-state index in [0.717, 1.165) is 5.56 Å². The summed E-state index contributed by atoms with van der Waals surface area (Å²) in [5.41, 5.74) is 0.972. The third-order valence-electron chi connectivity index (χ3n) is 2.36. The Morgan fingerprint density at radius 3 is 2.39 bits per heavy atom. The van der Waals surface area contributed by atoms with Crippen molar-refractivity contribution in [1.82, 2.24) is 5.32 Å². The third-order valence-corrected chi connectivity index (χ3v) is 3.49. The lowest BCUT2D eigenvalue weighted by Crippen LogP contribution is -2.28. The van der Waals surface area contributed by atoms with E-state index in [1.54, 1.807) is 24.3 Å². The zero-order valence-electron chi connectivity index (χ0n) is 10.5. The average molecular weight is 271 g/mol. The van der Waals surface area contributed by atoms with Crippen molar-refractivity contribution in [2.75, 3.05) is 26.5 Å². The van der Waals surface area contributed by atoms with Gasteiger partial charge in [0, 0.05) is 19.9 Å². The number of carbonyl (C=O) groups excluding carboxylic acids is 1. The van der Waals surface area contributed by atoms with Gasteiger partial charge in [-0.25, -0.2) is 8.42 Å². The van der Waals surface area contributed by atoms with E-state index >= 15 is 0 Å². The lowest BCUT2D eigenvalue weighted by Gasteiger charge is -2.05. The van der Waals surface area contributed by atoms with E-state index in [2.05, 4.69) is 10.1 Å². The largest absolute Gasteiger partial charge is 0.375 e. The van der Waals surface area contributed by atoms with Gasteiger partial charge in [0.25, 0.3) is 0 Å². The van der Waals surface area contributed by atoms with Gasteiger partial charge in [-0.3, -0.25) is 4.79 Å². The lowest BCUT2D eigenvalue weighted by molar-refractivity contribution is -0.124. The summed E-state index contributed by atoms with van der Waals surface area (Å²) in [7, 11) is -1.69. The predicted molar refractivity (Wildman–Crippen MR) is 68.1 cm³/mol. The molecule has 0 saturated heterocycles. The minimum atomic E-state index is -3.15. The van der Waals surface area contributed by atoms with Gasteiger partial charge in [0.05, 0.1) is 4.90 Å². The van der Waals surface area contributed by atoms with Gasteiger partial charge in [0.2, 0.25) is 5.91 Å². The zero-order valence-corrected chi connectivity index (χ0v) is 11.3. The second-order valence-electron chi connectivity index (χ2n) is 3.95. The van der Waals surface area contributed by atoms with Gasteiger partial charge in [-0.15, -0.1) is 0 Å². The van der Waals surface area contributed by atoms with Crippen molar-refractivity contribution in [3.63, 3.8) is 0 Å².